The van der Waals surface area contributed by atoms with Crippen LogP contribution in [0.15, 0.2) is 0 Å². The lowest BCUT2D eigenvalue weighted by atomic mass is 10.1. The summed E-state index contributed by atoms with van der Waals surface area (Å²) in [5.41, 5.74) is 0. The summed E-state index contributed by atoms with van der Waals surface area (Å²) in [4.78, 5) is 0. The Morgan fingerprint density at radius 3 is 2.75 bits per heavy atom. The maximum absolute atomic E-state index is 9.01. The summed E-state index contributed by atoms with van der Waals surface area (Å²) in [5, 5.41) is 9.01. The number of hydrogen-bond donors (Lipinski definition) is 1. The fourth-order valence-electron chi connectivity index (χ4n) is 0.910. The molecule has 1 saturated heterocycles. The summed E-state index contributed by atoms with van der Waals surface area (Å²) in [5.74, 6) is 0. The predicted octanol–water partition coefficient (Wildman–Crippen LogP) is 0.753. The molecule has 1 aliphatic rings. The first-order valence-electron chi connectivity index (χ1n) is 2.88. The second-order valence-electron chi connectivity index (χ2n) is 2.16. The predicted molar refractivity (Wildman–Crippen MR) is 35.7 cm³/mol. The van der Waals surface area contributed by atoms with Gasteiger partial charge in [0.1, 0.15) is 0 Å². The van der Waals surface area contributed by atoms with Gasteiger partial charge in [-0.1, -0.05) is 0 Å². The Kier molecular flexibility index (Phi) is 2.28. The van der Waals surface area contributed by atoms with Crippen molar-refractivity contribution in [3.63, 3.8) is 0 Å². The Labute approximate surface area is 57.8 Å². The van der Waals surface area contributed by atoms with Crippen LogP contribution < -0.4 is 0 Å². The van der Waals surface area contributed by atoms with Crippen LogP contribution in [0.25, 0.3) is 0 Å². The van der Waals surface area contributed by atoms with E-state index in [1.807, 2.05) is 3.93 Å². The molecule has 1 heterocycles. The molecule has 0 radical (unpaired) electrons. The van der Waals surface area contributed by atoms with Crippen LogP contribution in [0.4, 0.5) is 0 Å². The Balaban J connectivity index is 2.23. The van der Waals surface area contributed by atoms with E-state index in [1.165, 1.54) is 0 Å². The van der Waals surface area contributed by atoms with Crippen molar-refractivity contribution in [1.29, 1.82) is 0 Å². The van der Waals surface area contributed by atoms with Gasteiger partial charge in [-0.25, -0.2) is 3.93 Å². The van der Waals surface area contributed by atoms with Crippen LogP contribution in [-0.2, 0) is 0 Å². The minimum atomic E-state index is -0.108. The molecule has 0 spiro atoms. The molecule has 48 valence electrons. The third kappa shape index (κ3) is 1.73. The van der Waals surface area contributed by atoms with Gasteiger partial charge in [0.2, 0.25) is 0 Å². The average molecular weight is 180 g/mol. The van der Waals surface area contributed by atoms with E-state index in [2.05, 4.69) is 16.1 Å². The monoisotopic (exact) mass is 179 g/mol. The molecule has 0 aromatic heterocycles. The first-order chi connectivity index (χ1) is 3.79. The van der Waals surface area contributed by atoms with Crippen LogP contribution in [-0.4, -0.2) is 28.2 Å². The molecule has 3 heteroatoms. The Morgan fingerprint density at radius 2 is 2.38 bits per heavy atom. The van der Waals surface area contributed by atoms with Crippen molar-refractivity contribution in [3.8, 4) is 0 Å². The number of hydrogen-bond acceptors (Lipinski definition) is 2. The summed E-state index contributed by atoms with van der Waals surface area (Å²) in [7, 11) is 0. The first kappa shape index (κ1) is 6.52. The minimum absolute atomic E-state index is 0.108. The van der Waals surface area contributed by atoms with Gasteiger partial charge in [0.15, 0.2) is 0 Å². The molecule has 1 fully saturated rings. The maximum Gasteiger partial charge on any atom is 0.0676 e. The largest absolute Gasteiger partial charge is 0.392 e. The Hall–Kier alpha value is 0.400. The number of rotatable bonds is 0. The molecule has 0 aromatic carbocycles. The highest BCUT2D eigenvalue weighted by Crippen LogP contribution is 2.11. The van der Waals surface area contributed by atoms with Crippen LogP contribution in [0.5, 0.6) is 0 Å². The first-order valence-corrected chi connectivity index (χ1v) is 3.59. The van der Waals surface area contributed by atoms with Crippen molar-refractivity contribution >= 4 is 16.1 Å². The number of aliphatic hydroxyl groups is 1. The molecule has 0 saturated carbocycles. The number of β-amino-alcohol motifs (C(OH)–C–C–N with tert-alkyl or cyclic N) is 1. The van der Waals surface area contributed by atoms with E-state index in [0.29, 0.717) is 0 Å². The van der Waals surface area contributed by atoms with E-state index in [1.54, 1.807) is 0 Å². The second-order valence-corrected chi connectivity index (χ2v) is 3.17. The van der Waals surface area contributed by atoms with Crippen molar-refractivity contribution in [2.75, 3.05) is 13.1 Å². The summed E-state index contributed by atoms with van der Waals surface area (Å²) < 4.78 is 1.97. The van der Waals surface area contributed by atoms with Gasteiger partial charge in [-0.3, -0.25) is 0 Å². The van der Waals surface area contributed by atoms with E-state index in [4.69, 9.17) is 5.11 Å². The minimum Gasteiger partial charge on any atom is -0.392 e. The van der Waals surface area contributed by atoms with Gasteiger partial charge in [0.05, 0.1) is 6.10 Å². The van der Waals surface area contributed by atoms with E-state index in [-0.39, 0.29) is 6.10 Å². The third-order valence-corrected chi connectivity index (χ3v) is 1.99. The van der Waals surface area contributed by atoms with Crippen molar-refractivity contribution in [2.24, 2.45) is 0 Å². The van der Waals surface area contributed by atoms with E-state index < -0.39 is 0 Å². The van der Waals surface area contributed by atoms with Crippen LogP contribution in [0.3, 0.4) is 0 Å². The summed E-state index contributed by atoms with van der Waals surface area (Å²) in [6.45, 7) is 1.84. The summed E-state index contributed by atoms with van der Waals surface area (Å²) in [6.07, 6.45) is 1.96. The summed E-state index contributed by atoms with van der Waals surface area (Å²) in [6, 6.07) is 0. The van der Waals surface area contributed by atoms with Gasteiger partial charge in [-0.2, -0.15) is 0 Å². The molecule has 0 aromatic rings. The van der Waals surface area contributed by atoms with Crippen LogP contribution in [0.2, 0.25) is 0 Å². The number of piperidine rings is 1. The Bertz CT molecular complexity index is 70.8. The molecule has 1 rings (SSSR count). The number of halogens is 1. The SMILES string of the molecule is OC1CCCN(Br)C1. The fourth-order valence-corrected chi connectivity index (χ4v) is 1.49. The lowest BCUT2D eigenvalue weighted by Gasteiger charge is -2.23. The van der Waals surface area contributed by atoms with Crippen LogP contribution in [0.1, 0.15) is 12.8 Å². The maximum atomic E-state index is 9.01. The summed E-state index contributed by atoms with van der Waals surface area (Å²) >= 11 is 3.30. The molecule has 1 N–H and O–H groups in total. The average Bonchev–Trinajstić information content (AvgIpc) is 1.64. The molecule has 1 unspecified atom stereocenters. The third-order valence-electron chi connectivity index (χ3n) is 1.35. The highest BCUT2D eigenvalue weighted by atomic mass is 79.9. The van der Waals surface area contributed by atoms with Crippen molar-refractivity contribution < 1.29 is 5.11 Å². The highest BCUT2D eigenvalue weighted by molar-refractivity contribution is 9.07. The zero-order valence-electron chi connectivity index (χ0n) is 4.68. The number of aliphatic hydroxyl groups excluding tert-OH is 1. The zero-order chi connectivity index (χ0) is 5.98. The lowest BCUT2D eigenvalue weighted by molar-refractivity contribution is 0.115. The van der Waals surface area contributed by atoms with Crippen LogP contribution >= 0.6 is 16.1 Å². The normalized spacial score (nSPS) is 33.0. The molecular formula is C5H10BrNO. The molecule has 8 heavy (non-hydrogen) atoms. The molecule has 0 bridgehead atoms. The van der Waals surface area contributed by atoms with Gasteiger partial charge in [0.25, 0.3) is 0 Å². The zero-order valence-corrected chi connectivity index (χ0v) is 6.26. The fraction of sp³-hybridized carbons (Fsp3) is 1.00. The van der Waals surface area contributed by atoms with Gasteiger partial charge in [-0.15, -0.1) is 0 Å². The molecule has 0 aliphatic carbocycles. The van der Waals surface area contributed by atoms with Gasteiger partial charge >= 0.3 is 0 Å². The van der Waals surface area contributed by atoms with Crippen molar-refractivity contribution in [3.05, 3.63) is 0 Å². The van der Waals surface area contributed by atoms with Gasteiger partial charge in [-0.05, 0) is 12.8 Å². The van der Waals surface area contributed by atoms with Crippen molar-refractivity contribution in [1.82, 2.24) is 3.93 Å². The Morgan fingerprint density at radius 1 is 1.62 bits per heavy atom. The van der Waals surface area contributed by atoms with E-state index in [0.717, 1.165) is 25.9 Å². The smallest absolute Gasteiger partial charge is 0.0676 e. The van der Waals surface area contributed by atoms with E-state index in [9.17, 15) is 0 Å². The van der Waals surface area contributed by atoms with E-state index >= 15 is 0 Å². The lowest BCUT2D eigenvalue weighted by Crippen LogP contribution is -2.31. The molecule has 0 amide bonds. The molecule has 1 aliphatic heterocycles. The van der Waals surface area contributed by atoms with Gasteiger partial charge < -0.3 is 5.11 Å². The second kappa shape index (κ2) is 2.80. The van der Waals surface area contributed by atoms with Crippen LogP contribution in [0, 0.1) is 0 Å². The molecule has 2 nitrogen and oxygen atoms in total. The van der Waals surface area contributed by atoms with Crippen molar-refractivity contribution in [2.45, 2.75) is 18.9 Å². The van der Waals surface area contributed by atoms with Gasteiger partial charge in [0, 0.05) is 29.2 Å². The standard InChI is InChI=1S/C5H10BrNO/c6-7-3-1-2-5(8)4-7/h5,8H,1-4H2. The highest BCUT2D eigenvalue weighted by Gasteiger charge is 2.14. The topological polar surface area (TPSA) is 23.5 Å². The molecular weight excluding hydrogens is 170 g/mol. The quantitative estimate of drug-likeness (QED) is 0.556. The molecule has 1 atom stereocenters. The number of nitrogens with zero attached hydrogens (tertiary/aromatic N) is 1.